The van der Waals surface area contributed by atoms with E-state index in [1.165, 1.54) is 16.9 Å². The fourth-order valence-corrected chi connectivity index (χ4v) is 4.08. The predicted molar refractivity (Wildman–Crippen MR) is 109 cm³/mol. The molecule has 1 aromatic carbocycles. The largest absolute Gasteiger partial charge is 0.496 e. The molecular formula is C21H24N2O4S. The van der Waals surface area contributed by atoms with Crippen LogP contribution in [0.3, 0.4) is 0 Å². The summed E-state index contributed by atoms with van der Waals surface area (Å²) in [4.78, 5) is 29.8. The molecule has 0 bridgehead atoms. The van der Waals surface area contributed by atoms with E-state index in [0.717, 1.165) is 23.1 Å². The van der Waals surface area contributed by atoms with Crippen LogP contribution in [-0.2, 0) is 16.0 Å². The summed E-state index contributed by atoms with van der Waals surface area (Å²) in [7, 11) is 1.61. The molecule has 2 heterocycles. The molecule has 1 atom stereocenters. The van der Waals surface area contributed by atoms with Gasteiger partial charge in [0.1, 0.15) is 17.1 Å². The van der Waals surface area contributed by atoms with Crippen molar-refractivity contribution < 1.29 is 19.1 Å². The smallest absolute Gasteiger partial charge is 0.311 e. The summed E-state index contributed by atoms with van der Waals surface area (Å²) in [6.07, 6.45) is 3.76. The van der Waals surface area contributed by atoms with Crippen molar-refractivity contribution in [1.29, 1.82) is 0 Å². The number of esters is 1. The van der Waals surface area contributed by atoms with Crippen molar-refractivity contribution >= 4 is 28.6 Å². The van der Waals surface area contributed by atoms with Crippen molar-refractivity contribution in [2.45, 2.75) is 39.5 Å². The van der Waals surface area contributed by atoms with Crippen LogP contribution >= 0.6 is 11.3 Å². The first kappa shape index (κ1) is 20.1. The zero-order chi connectivity index (χ0) is 20.3. The predicted octanol–water partition coefficient (Wildman–Crippen LogP) is 4.50. The SMILES string of the molecule is CCOC(=O)Cc1cn2c(C=O)c(-c3cc(C(C)CC)ccc3OC)nc2s1. The van der Waals surface area contributed by atoms with Crippen LogP contribution in [-0.4, -0.2) is 35.4 Å². The van der Waals surface area contributed by atoms with Gasteiger partial charge in [0.2, 0.25) is 0 Å². The second-order valence-corrected chi connectivity index (χ2v) is 7.66. The Labute approximate surface area is 168 Å². The standard InChI is InChI=1S/C21H24N2O4S/c1-5-13(3)14-7-8-18(26-4)16(9-14)20-17(12-24)23-11-15(28-21(23)22-20)10-19(25)27-6-2/h7-9,11-13H,5-6,10H2,1-4H3. The minimum Gasteiger partial charge on any atom is -0.496 e. The lowest BCUT2D eigenvalue weighted by molar-refractivity contribution is -0.142. The summed E-state index contributed by atoms with van der Waals surface area (Å²) in [5, 5.41) is 0. The number of fused-ring (bicyclic) bond motifs is 1. The highest BCUT2D eigenvalue weighted by molar-refractivity contribution is 7.17. The average molecular weight is 401 g/mol. The third-order valence-electron chi connectivity index (χ3n) is 4.81. The van der Waals surface area contributed by atoms with Gasteiger partial charge in [-0.3, -0.25) is 14.0 Å². The van der Waals surface area contributed by atoms with Crippen molar-refractivity contribution in [2.75, 3.05) is 13.7 Å². The van der Waals surface area contributed by atoms with Gasteiger partial charge in [0.05, 0.1) is 20.1 Å². The zero-order valence-electron chi connectivity index (χ0n) is 16.5. The van der Waals surface area contributed by atoms with Crippen LogP contribution in [0.2, 0.25) is 0 Å². The van der Waals surface area contributed by atoms with Gasteiger partial charge in [-0.05, 0) is 37.0 Å². The first-order valence-corrected chi connectivity index (χ1v) is 10.1. The second-order valence-electron chi connectivity index (χ2n) is 6.56. The highest BCUT2D eigenvalue weighted by Crippen LogP contribution is 2.36. The number of hydrogen-bond donors (Lipinski definition) is 0. The molecule has 1 unspecified atom stereocenters. The van der Waals surface area contributed by atoms with E-state index in [-0.39, 0.29) is 12.4 Å². The van der Waals surface area contributed by atoms with Gasteiger partial charge in [-0.1, -0.05) is 19.9 Å². The van der Waals surface area contributed by atoms with Crippen LogP contribution in [0, 0.1) is 0 Å². The number of carbonyl (C=O) groups is 2. The number of aromatic nitrogens is 2. The first-order chi connectivity index (χ1) is 13.5. The Morgan fingerprint density at radius 2 is 2.14 bits per heavy atom. The number of carbonyl (C=O) groups excluding carboxylic acids is 2. The van der Waals surface area contributed by atoms with Gasteiger partial charge in [-0.15, -0.1) is 11.3 Å². The Morgan fingerprint density at radius 3 is 2.79 bits per heavy atom. The van der Waals surface area contributed by atoms with Crippen LogP contribution in [0.15, 0.2) is 24.4 Å². The summed E-state index contributed by atoms with van der Waals surface area (Å²) in [5.74, 6) is 0.778. The molecule has 0 saturated carbocycles. The molecule has 3 rings (SSSR count). The summed E-state index contributed by atoms with van der Waals surface area (Å²) < 4.78 is 12.2. The second kappa shape index (κ2) is 8.56. The maximum atomic E-state index is 11.9. The molecule has 0 fully saturated rings. The normalized spacial score (nSPS) is 12.1. The van der Waals surface area contributed by atoms with E-state index in [0.29, 0.717) is 34.6 Å². The Bertz CT molecular complexity index is 1010. The van der Waals surface area contributed by atoms with E-state index >= 15 is 0 Å². The van der Waals surface area contributed by atoms with Crippen LogP contribution in [0.25, 0.3) is 16.2 Å². The molecule has 3 aromatic rings. The molecule has 0 aliphatic rings. The topological polar surface area (TPSA) is 69.9 Å². The van der Waals surface area contributed by atoms with Gasteiger partial charge in [0, 0.05) is 16.6 Å². The number of imidazole rings is 1. The van der Waals surface area contributed by atoms with Gasteiger partial charge in [-0.25, -0.2) is 4.98 Å². The maximum Gasteiger partial charge on any atom is 0.311 e. The molecule has 0 radical (unpaired) electrons. The number of rotatable bonds is 8. The van der Waals surface area contributed by atoms with Crippen LogP contribution in [0.1, 0.15) is 54.0 Å². The maximum absolute atomic E-state index is 11.9. The molecule has 0 aliphatic heterocycles. The van der Waals surface area contributed by atoms with E-state index in [1.807, 2.05) is 18.2 Å². The highest BCUT2D eigenvalue weighted by Gasteiger charge is 2.21. The van der Waals surface area contributed by atoms with Crippen LogP contribution in [0.4, 0.5) is 0 Å². The van der Waals surface area contributed by atoms with E-state index in [2.05, 4.69) is 18.8 Å². The van der Waals surface area contributed by atoms with Crippen molar-refractivity contribution in [3.63, 3.8) is 0 Å². The molecular weight excluding hydrogens is 376 g/mol. The number of thiazole rings is 1. The van der Waals surface area contributed by atoms with Crippen molar-refractivity contribution in [3.05, 3.63) is 40.5 Å². The molecule has 0 saturated heterocycles. The molecule has 6 nitrogen and oxygen atoms in total. The van der Waals surface area contributed by atoms with Gasteiger partial charge < -0.3 is 9.47 Å². The summed E-state index contributed by atoms with van der Waals surface area (Å²) in [5.41, 5.74) is 3.01. The lowest BCUT2D eigenvalue weighted by atomic mass is 9.95. The molecule has 0 amide bonds. The highest BCUT2D eigenvalue weighted by atomic mass is 32.1. The van der Waals surface area contributed by atoms with Crippen molar-refractivity contribution in [2.24, 2.45) is 0 Å². The number of ether oxygens (including phenoxy) is 2. The van der Waals surface area contributed by atoms with Crippen LogP contribution in [0.5, 0.6) is 5.75 Å². The fraction of sp³-hybridized carbons (Fsp3) is 0.381. The van der Waals surface area contributed by atoms with Gasteiger partial charge in [0.25, 0.3) is 0 Å². The molecule has 2 aromatic heterocycles. The van der Waals surface area contributed by atoms with Crippen molar-refractivity contribution in [3.8, 4) is 17.0 Å². The lowest BCUT2D eigenvalue weighted by Crippen LogP contribution is -2.06. The Morgan fingerprint density at radius 1 is 1.36 bits per heavy atom. The molecule has 7 heteroatoms. The summed E-state index contributed by atoms with van der Waals surface area (Å²) >= 11 is 1.38. The van der Waals surface area contributed by atoms with Gasteiger partial charge >= 0.3 is 5.97 Å². The Balaban J connectivity index is 2.07. The Kier molecular flexibility index (Phi) is 6.14. The number of benzene rings is 1. The number of aldehydes is 1. The quantitative estimate of drug-likeness (QED) is 0.411. The molecule has 0 N–H and O–H groups in total. The zero-order valence-corrected chi connectivity index (χ0v) is 17.3. The minimum absolute atomic E-state index is 0.169. The number of hydrogen-bond acceptors (Lipinski definition) is 6. The number of nitrogens with zero attached hydrogens (tertiary/aromatic N) is 2. The van der Waals surface area contributed by atoms with Gasteiger partial charge in [-0.2, -0.15) is 0 Å². The Hall–Kier alpha value is -2.67. The number of methoxy groups -OCH3 is 1. The minimum atomic E-state index is -0.289. The fourth-order valence-electron chi connectivity index (χ4n) is 3.11. The van der Waals surface area contributed by atoms with E-state index < -0.39 is 0 Å². The monoisotopic (exact) mass is 400 g/mol. The van der Waals surface area contributed by atoms with Crippen molar-refractivity contribution in [1.82, 2.24) is 9.38 Å². The molecule has 0 aliphatic carbocycles. The average Bonchev–Trinajstić information content (AvgIpc) is 3.23. The third-order valence-corrected chi connectivity index (χ3v) is 5.79. The van der Waals surface area contributed by atoms with E-state index in [4.69, 9.17) is 9.47 Å². The first-order valence-electron chi connectivity index (χ1n) is 9.32. The molecule has 0 spiro atoms. The summed E-state index contributed by atoms with van der Waals surface area (Å²) in [6.45, 7) is 6.43. The van der Waals surface area contributed by atoms with Crippen LogP contribution < -0.4 is 4.74 Å². The third kappa shape index (κ3) is 3.80. The summed E-state index contributed by atoms with van der Waals surface area (Å²) in [6, 6.07) is 6.02. The lowest BCUT2D eigenvalue weighted by Gasteiger charge is -2.13. The molecule has 148 valence electrons. The molecule has 28 heavy (non-hydrogen) atoms. The van der Waals surface area contributed by atoms with E-state index in [1.54, 1.807) is 24.6 Å². The van der Waals surface area contributed by atoms with Gasteiger partial charge in [0.15, 0.2) is 11.2 Å². The van der Waals surface area contributed by atoms with E-state index in [9.17, 15) is 9.59 Å².